The van der Waals surface area contributed by atoms with E-state index in [1.54, 1.807) is 6.92 Å². The van der Waals surface area contributed by atoms with E-state index in [1.807, 2.05) is 24.0 Å². The molecule has 100 valence electrons. The van der Waals surface area contributed by atoms with Crippen molar-refractivity contribution in [3.05, 3.63) is 18.2 Å². The average Bonchev–Trinajstić information content (AvgIpc) is 2.71. The van der Waals surface area contributed by atoms with Crippen LogP contribution in [0.1, 0.15) is 32.0 Å². The fourth-order valence-electron chi connectivity index (χ4n) is 1.80. The lowest BCUT2D eigenvalue weighted by atomic mass is 9.98. The van der Waals surface area contributed by atoms with Gasteiger partial charge in [0, 0.05) is 19.4 Å². The van der Waals surface area contributed by atoms with Crippen LogP contribution in [0.3, 0.4) is 0 Å². The molecule has 0 fully saturated rings. The van der Waals surface area contributed by atoms with Gasteiger partial charge in [0.05, 0.1) is 12.6 Å². The molecule has 0 saturated carbocycles. The lowest BCUT2D eigenvalue weighted by Gasteiger charge is -2.18. The Labute approximate surface area is 109 Å². The van der Waals surface area contributed by atoms with Gasteiger partial charge in [0.15, 0.2) is 0 Å². The van der Waals surface area contributed by atoms with Gasteiger partial charge in [-0.25, -0.2) is 4.98 Å². The molecule has 0 aliphatic heterocycles. The summed E-state index contributed by atoms with van der Waals surface area (Å²) in [6, 6.07) is 2.12. The Kier molecular flexibility index (Phi) is 5.32. The standard InChI is InChI=1S/C13H23N5/c1-13(15,11-14)6-4-5-8-17(2)10-12-16-7-9-18(12)3/h7,9H,4-6,8,10,15H2,1-3H3. The number of aromatic nitrogens is 2. The van der Waals surface area contributed by atoms with Gasteiger partial charge < -0.3 is 10.3 Å². The van der Waals surface area contributed by atoms with Gasteiger partial charge in [-0.2, -0.15) is 5.26 Å². The third-order valence-corrected chi connectivity index (χ3v) is 3.07. The molecule has 1 aromatic rings. The van der Waals surface area contributed by atoms with E-state index in [2.05, 4.69) is 23.0 Å². The SMILES string of the molecule is CN(CCCCC(C)(N)C#N)Cc1nccn1C. The van der Waals surface area contributed by atoms with Crippen LogP contribution in [0.2, 0.25) is 0 Å². The van der Waals surface area contributed by atoms with Gasteiger partial charge in [0.25, 0.3) is 0 Å². The van der Waals surface area contributed by atoms with Crippen molar-refractivity contribution < 1.29 is 0 Å². The maximum Gasteiger partial charge on any atom is 0.122 e. The third-order valence-electron chi connectivity index (χ3n) is 3.07. The highest BCUT2D eigenvalue weighted by Gasteiger charge is 2.16. The van der Waals surface area contributed by atoms with Crippen molar-refractivity contribution in [1.29, 1.82) is 5.26 Å². The molecule has 0 bridgehead atoms. The molecule has 0 saturated heterocycles. The first-order valence-corrected chi connectivity index (χ1v) is 6.29. The topological polar surface area (TPSA) is 70.9 Å². The van der Waals surface area contributed by atoms with Gasteiger partial charge >= 0.3 is 0 Å². The molecule has 5 heteroatoms. The Hall–Kier alpha value is -1.38. The second kappa shape index (κ2) is 6.53. The van der Waals surface area contributed by atoms with Crippen LogP contribution in [-0.2, 0) is 13.6 Å². The number of imidazole rings is 1. The molecule has 1 heterocycles. The summed E-state index contributed by atoms with van der Waals surface area (Å²) >= 11 is 0. The van der Waals surface area contributed by atoms with E-state index < -0.39 is 5.54 Å². The van der Waals surface area contributed by atoms with Gasteiger partial charge in [-0.3, -0.25) is 4.90 Å². The van der Waals surface area contributed by atoms with Crippen molar-refractivity contribution in [3.63, 3.8) is 0 Å². The molecule has 1 atom stereocenters. The highest BCUT2D eigenvalue weighted by atomic mass is 15.1. The predicted molar refractivity (Wildman–Crippen MR) is 71.6 cm³/mol. The van der Waals surface area contributed by atoms with Crippen LogP contribution in [0.5, 0.6) is 0 Å². The Morgan fingerprint density at radius 1 is 1.56 bits per heavy atom. The summed E-state index contributed by atoms with van der Waals surface area (Å²) in [4.78, 5) is 6.53. The van der Waals surface area contributed by atoms with Crippen LogP contribution in [0, 0.1) is 11.3 Å². The minimum Gasteiger partial charge on any atom is -0.337 e. The zero-order valence-electron chi connectivity index (χ0n) is 11.6. The molecular formula is C13H23N5. The smallest absolute Gasteiger partial charge is 0.122 e. The molecule has 1 unspecified atom stereocenters. The number of hydrogen-bond donors (Lipinski definition) is 1. The van der Waals surface area contributed by atoms with Gasteiger partial charge in [0.2, 0.25) is 0 Å². The van der Waals surface area contributed by atoms with Crippen molar-refractivity contribution in [3.8, 4) is 6.07 Å². The minimum absolute atomic E-state index is 0.682. The quantitative estimate of drug-likeness (QED) is 0.739. The van der Waals surface area contributed by atoms with E-state index in [4.69, 9.17) is 11.0 Å². The second-order valence-electron chi connectivity index (χ2n) is 5.18. The average molecular weight is 249 g/mol. The summed E-state index contributed by atoms with van der Waals surface area (Å²) in [5.74, 6) is 1.07. The number of unbranched alkanes of at least 4 members (excludes halogenated alkanes) is 1. The molecule has 1 rings (SSSR count). The molecule has 0 amide bonds. The summed E-state index contributed by atoms with van der Waals surface area (Å²) < 4.78 is 2.03. The zero-order valence-corrected chi connectivity index (χ0v) is 11.6. The Morgan fingerprint density at radius 3 is 2.83 bits per heavy atom. The number of nitriles is 1. The number of aryl methyl sites for hydroxylation is 1. The van der Waals surface area contributed by atoms with E-state index in [0.29, 0.717) is 0 Å². The fourth-order valence-corrected chi connectivity index (χ4v) is 1.80. The third kappa shape index (κ3) is 4.86. The molecule has 5 nitrogen and oxygen atoms in total. The molecule has 2 N–H and O–H groups in total. The molecule has 0 spiro atoms. The van der Waals surface area contributed by atoms with Crippen molar-refractivity contribution in [1.82, 2.24) is 14.5 Å². The van der Waals surface area contributed by atoms with Gasteiger partial charge in [0.1, 0.15) is 11.4 Å². The molecule has 0 aliphatic carbocycles. The molecule has 1 aromatic heterocycles. The van der Waals surface area contributed by atoms with Crippen LogP contribution in [0.4, 0.5) is 0 Å². The number of hydrogen-bond acceptors (Lipinski definition) is 4. The van der Waals surface area contributed by atoms with Crippen LogP contribution >= 0.6 is 0 Å². The first-order valence-electron chi connectivity index (χ1n) is 6.29. The second-order valence-corrected chi connectivity index (χ2v) is 5.18. The molecule has 0 aromatic carbocycles. The predicted octanol–water partition coefficient (Wildman–Crippen LogP) is 1.26. The highest BCUT2D eigenvalue weighted by molar-refractivity contribution is 5.00. The molecular weight excluding hydrogens is 226 g/mol. The molecule has 0 radical (unpaired) electrons. The summed E-state index contributed by atoms with van der Waals surface area (Å²) in [7, 11) is 4.09. The first kappa shape index (κ1) is 14.7. The summed E-state index contributed by atoms with van der Waals surface area (Å²) in [6.45, 7) is 3.63. The van der Waals surface area contributed by atoms with Crippen LogP contribution in [0.25, 0.3) is 0 Å². The maximum atomic E-state index is 8.81. The lowest BCUT2D eigenvalue weighted by molar-refractivity contribution is 0.302. The van der Waals surface area contributed by atoms with Crippen LogP contribution in [0.15, 0.2) is 12.4 Å². The van der Waals surface area contributed by atoms with Crippen molar-refractivity contribution in [2.45, 2.75) is 38.3 Å². The van der Waals surface area contributed by atoms with Gasteiger partial charge in [-0.15, -0.1) is 0 Å². The molecule has 0 aliphatic rings. The van der Waals surface area contributed by atoms with E-state index in [9.17, 15) is 0 Å². The number of nitrogens with two attached hydrogens (primary N) is 1. The summed E-state index contributed by atoms with van der Waals surface area (Å²) in [6.07, 6.45) is 6.55. The van der Waals surface area contributed by atoms with Crippen LogP contribution in [-0.4, -0.2) is 33.6 Å². The van der Waals surface area contributed by atoms with Crippen molar-refractivity contribution >= 4 is 0 Å². The van der Waals surface area contributed by atoms with Crippen molar-refractivity contribution in [2.24, 2.45) is 12.8 Å². The largest absolute Gasteiger partial charge is 0.337 e. The highest BCUT2D eigenvalue weighted by Crippen LogP contribution is 2.10. The Balaban J connectivity index is 2.21. The van der Waals surface area contributed by atoms with E-state index in [0.717, 1.165) is 38.2 Å². The maximum absolute atomic E-state index is 8.81. The summed E-state index contributed by atoms with van der Waals surface area (Å²) in [5, 5.41) is 8.81. The summed E-state index contributed by atoms with van der Waals surface area (Å²) in [5.41, 5.74) is 5.09. The van der Waals surface area contributed by atoms with Crippen LogP contribution < -0.4 is 5.73 Å². The number of rotatable bonds is 7. The van der Waals surface area contributed by atoms with Gasteiger partial charge in [-0.1, -0.05) is 0 Å². The Bertz CT molecular complexity index is 402. The first-order chi connectivity index (χ1) is 8.44. The van der Waals surface area contributed by atoms with Gasteiger partial charge in [-0.05, 0) is 39.8 Å². The zero-order chi connectivity index (χ0) is 13.6. The van der Waals surface area contributed by atoms with E-state index in [-0.39, 0.29) is 0 Å². The number of nitrogens with zero attached hydrogens (tertiary/aromatic N) is 4. The lowest BCUT2D eigenvalue weighted by Crippen LogP contribution is -2.34. The monoisotopic (exact) mass is 249 g/mol. The Morgan fingerprint density at radius 2 is 2.28 bits per heavy atom. The van der Waals surface area contributed by atoms with E-state index in [1.165, 1.54) is 0 Å². The normalized spacial score (nSPS) is 14.4. The minimum atomic E-state index is -0.682. The fraction of sp³-hybridized carbons (Fsp3) is 0.692. The molecule has 18 heavy (non-hydrogen) atoms. The van der Waals surface area contributed by atoms with Crippen molar-refractivity contribution in [2.75, 3.05) is 13.6 Å². The van der Waals surface area contributed by atoms with E-state index >= 15 is 0 Å².